The van der Waals surface area contributed by atoms with Crippen LogP contribution in [0.25, 0.3) is 0 Å². The van der Waals surface area contributed by atoms with E-state index >= 15 is 0 Å². The maximum Gasteiger partial charge on any atom is 0.338 e. The molecule has 1 heterocycles. The Labute approximate surface area is 161 Å². The molecule has 1 aromatic carbocycles. The van der Waals surface area contributed by atoms with Crippen molar-refractivity contribution >= 4 is 37.2 Å². The van der Waals surface area contributed by atoms with Gasteiger partial charge in [-0.1, -0.05) is 0 Å². The van der Waals surface area contributed by atoms with Gasteiger partial charge in [-0.15, -0.1) is 0 Å². The van der Waals surface area contributed by atoms with E-state index in [1.807, 2.05) is 0 Å². The van der Waals surface area contributed by atoms with E-state index in [1.54, 1.807) is 0 Å². The second-order valence-corrected chi connectivity index (χ2v) is 10.6. The van der Waals surface area contributed by atoms with Crippen LogP contribution in [-0.4, -0.2) is 76.0 Å². The quantitative estimate of drug-likeness (QED) is 0.336. The first-order chi connectivity index (χ1) is 12.8. The van der Waals surface area contributed by atoms with Gasteiger partial charge in [0.05, 0.1) is 22.0 Å². The van der Waals surface area contributed by atoms with E-state index in [2.05, 4.69) is 0 Å². The lowest BCUT2D eigenvalue weighted by Gasteiger charge is -2.23. The zero-order valence-corrected chi connectivity index (χ0v) is 16.7. The number of hydrogen-bond acceptors (Lipinski definition) is 9. The lowest BCUT2D eigenvalue weighted by atomic mass is 10.2. The lowest BCUT2D eigenvalue weighted by molar-refractivity contribution is -0.387. The van der Waals surface area contributed by atoms with Crippen LogP contribution in [0.3, 0.4) is 0 Å². The molecule has 13 heteroatoms. The summed E-state index contributed by atoms with van der Waals surface area (Å²) in [6, 6.07) is 2.22. The van der Waals surface area contributed by atoms with Crippen molar-refractivity contribution < 1.29 is 36.1 Å². The van der Waals surface area contributed by atoms with E-state index in [9.17, 15) is 36.5 Å². The number of rotatable bonds is 6. The van der Waals surface area contributed by atoms with Crippen LogP contribution in [0.5, 0.6) is 0 Å². The van der Waals surface area contributed by atoms with E-state index < -0.39 is 59.7 Å². The minimum atomic E-state index is -3.88. The summed E-state index contributed by atoms with van der Waals surface area (Å²) in [5.74, 6) is -1.87. The van der Waals surface area contributed by atoms with Crippen LogP contribution in [0.1, 0.15) is 16.8 Å². The number of hydrogen-bond donors (Lipinski definition) is 0. The molecule has 0 N–H and O–H groups in total. The van der Waals surface area contributed by atoms with Gasteiger partial charge < -0.3 is 9.64 Å². The van der Waals surface area contributed by atoms with Crippen LogP contribution in [0.15, 0.2) is 23.1 Å². The number of sulfone groups is 2. The van der Waals surface area contributed by atoms with E-state index in [0.717, 1.165) is 24.5 Å². The first kappa shape index (κ1) is 21.8. The highest BCUT2D eigenvalue weighted by molar-refractivity contribution is 7.91. The largest absolute Gasteiger partial charge is 0.452 e. The highest BCUT2D eigenvalue weighted by Crippen LogP contribution is 2.25. The number of nitro groups is 1. The molecule has 0 bridgehead atoms. The Morgan fingerprint density at radius 2 is 2.00 bits per heavy atom. The molecule has 0 aliphatic carbocycles. The SMILES string of the molecule is CN(C(=O)COC(=O)c1ccc(S(C)(=O)=O)c([N+](=O)[O-])c1)[C@@H]1CCS(=O)(=O)C1. The summed E-state index contributed by atoms with van der Waals surface area (Å²) in [6.45, 7) is -0.687. The Morgan fingerprint density at radius 3 is 2.50 bits per heavy atom. The lowest BCUT2D eigenvalue weighted by Crippen LogP contribution is -2.40. The molecular formula is C15H18N2O9S2. The van der Waals surface area contributed by atoms with E-state index in [0.29, 0.717) is 0 Å². The summed E-state index contributed by atoms with van der Waals surface area (Å²) >= 11 is 0. The second-order valence-electron chi connectivity index (χ2n) is 6.35. The third-order valence-corrected chi connectivity index (χ3v) is 7.16. The molecule has 1 aliphatic heterocycles. The molecule has 1 atom stereocenters. The van der Waals surface area contributed by atoms with Crippen molar-refractivity contribution in [1.29, 1.82) is 0 Å². The van der Waals surface area contributed by atoms with Gasteiger partial charge in [0.1, 0.15) is 4.90 Å². The van der Waals surface area contributed by atoms with Crippen molar-refractivity contribution in [1.82, 2.24) is 4.90 Å². The van der Waals surface area contributed by atoms with Gasteiger partial charge in [0, 0.05) is 25.4 Å². The van der Waals surface area contributed by atoms with E-state index in [4.69, 9.17) is 4.74 Å². The van der Waals surface area contributed by atoms with Gasteiger partial charge in [0.25, 0.3) is 11.6 Å². The normalized spacial score (nSPS) is 18.4. The van der Waals surface area contributed by atoms with Crippen molar-refractivity contribution in [3.05, 3.63) is 33.9 Å². The molecule has 0 saturated carbocycles. The van der Waals surface area contributed by atoms with Crippen LogP contribution in [0.4, 0.5) is 5.69 Å². The third-order valence-electron chi connectivity index (χ3n) is 4.27. The molecule has 0 aromatic heterocycles. The van der Waals surface area contributed by atoms with Crippen molar-refractivity contribution in [2.75, 3.05) is 31.4 Å². The number of carbonyl (C=O) groups is 2. The first-order valence-corrected chi connectivity index (χ1v) is 11.6. The maximum atomic E-state index is 12.1. The molecule has 0 spiro atoms. The maximum absolute atomic E-state index is 12.1. The minimum absolute atomic E-state index is 0.0224. The average molecular weight is 434 g/mol. The Hall–Kier alpha value is -2.54. The number of carbonyl (C=O) groups excluding carboxylic acids is 2. The van der Waals surface area contributed by atoms with Gasteiger partial charge in [0.2, 0.25) is 0 Å². The summed E-state index contributed by atoms with van der Waals surface area (Å²) in [7, 11) is -5.68. The Bertz CT molecular complexity index is 1030. The van der Waals surface area contributed by atoms with Crippen LogP contribution >= 0.6 is 0 Å². The molecule has 2 rings (SSSR count). The zero-order valence-electron chi connectivity index (χ0n) is 15.0. The predicted octanol–water partition coefficient (Wildman–Crippen LogP) is -0.199. The molecule has 28 heavy (non-hydrogen) atoms. The number of ether oxygens (including phenoxy) is 1. The van der Waals surface area contributed by atoms with E-state index in [1.165, 1.54) is 11.9 Å². The number of likely N-dealkylation sites (N-methyl/N-ethyl adjacent to an activating group) is 1. The van der Waals surface area contributed by atoms with E-state index in [-0.39, 0.29) is 23.5 Å². The monoisotopic (exact) mass is 434 g/mol. The number of nitrogens with zero attached hydrogens (tertiary/aromatic N) is 2. The summed E-state index contributed by atoms with van der Waals surface area (Å²) in [5.41, 5.74) is -1.07. The molecule has 0 unspecified atom stereocenters. The minimum Gasteiger partial charge on any atom is -0.452 e. The second kappa shape index (κ2) is 7.83. The fraction of sp³-hybridized carbons (Fsp3) is 0.467. The van der Waals surface area contributed by atoms with Crippen LogP contribution in [0, 0.1) is 10.1 Å². The van der Waals surface area contributed by atoms with Gasteiger partial charge in [-0.25, -0.2) is 21.6 Å². The third kappa shape index (κ3) is 5.04. The Morgan fingerprint density at radius 1 is 1.36 bits per heavy atom. The predicted molar refractivity (Wildman–Crippen MR) is 96.3 cm³/mol. The highest BCUT2D eigenvalue weighted by atomic mass is 32.2. The van der Waals surface area contributed by atoms with Gasteiger partial charge in [-0.3, -0.25) is 14.9 Å². The van der Waals surface area contributed by atoms with Crippen molar-refractivity contribution in [2.45, 2.75) is 17.4 Å². The van der Waals surface area contributed by atoms with Crippen LogP contribution in [-0.2, 0) is 29.2 Å². The molecule has 1 amide bonds. The molecule has 1 saturated heterocycles. The highest BCUT2D eigenvalue weighted by Gasteiger charge is 2.33. The van der Waals surface area contributed by atoms with Crippen LogP contribution in [0.2, 0.25) is 0 Å². The number of nitro benzene ring substituents is 1. The van der Waals surface area contributed by atoms with Crippen molar-refractivity contribution in [3.63, 3.8) is 0 Å². The number of benzene rings is 1. The molecule has 11 nitrogen and oxygen atoms in total. The Balaban J connectivity index is 2.08. The number of esters is 1. The van der Waals surface area contributed by atoms with Gasteiger partial charge in [0.15, 0.2) is 26.3 Å². The van der Waals surface area contributed by atoms with Crippen molar-refractivity contribution in [3.8, 4) is 0 Å². The molecule has 0 radical (unpaired) electrons. The summed E-state index contributed by atoms with van der Waals surface area (Å²) < 4.78 is 51.0. The smallest absolute Gasteiger partial charge is 0.338 e. The fourth-order valence-corrected chi connectivity index (χ4v) is 5.30. The summed E-state index contributed by atoms with van der Waals surface area (Å²) in [4.78, 5) is 35.0. The molecule has 1 fully saturated rings. The van der Waals surface area contributed by atoms with Crippen molar-refractivity contribution in [2.24, 2.45) is 0 Å². The molecule has 1 aliphatic rings. The molecule has 154 valence electrons. The van der Waals surface area contributed by atoms with Gasteiger partial charge in [-0.05, 0) is 18.6 Å². The zero-order chi connectivity index (χ0) is 21.3. The molecule has 1 aromatic rings. The summed E-state index contributed by atoms with van der Waals surface area (Å²) in [5, 5.41) is 11.1. The first-order valence-electron chi connectivity index (χ1n) is 7.93. The molecular weight excluding hydrogens is 416 g/mol. The number of amides is 1. The van der Waals surface area contributed by atoms with Crippen LogP contribution < -0.4 is 0 Å². The fourth-order valence-electron chi connectivity index (χ4n) is 2.70. The topological polar surface area (TPSA) is 158 Å². The average Bonchev–Trinajstić information content (AvgIpc) is 2.97. The summed E-state index contributed by atoms with van der Waals surface area (Å²) in [6.07, 6.45) is 1.09. The standard InChI is InChI=1S/C15H18N2O9S2/c1-16(11-5-6-28(24,25)9-11)14(18)8-26-15(19)10-3-4-13(27(2,22)23)12(7-10)17(20)21/h3-4,7,11H,5-6,8-9H2,1-2H3/t11-/m1/s1. The van der Waals surface area contributed by atoms with Gasteiger partial charge in [-0.2, -0.15) is 0 Å². The Kier molecular flexibility index (Phi) is 6.09. The van der Waals surface area contributed by atoms with Gasteiger partial charge >= 0.3 is 5.97 Å².